The van der Waals surface area contributed by atoms with Gasteiger partial charge < -0.3 is 10.2 Å². The first-order valence-electron chi connectivity index (χ1n) is 7.50. The Labute approximate surface area is 147 Å². The Morgan fingerprint density at radius 3 is 2.61 bits per heavy atom. The second kappa shape index (κ2) is 7.85. The van der Waals surface area contributed by atoms with Crippen LogP contribution in [0.3, 0.4) is 0 Å². The van der Waals surface area contributed by atoms with Crippen LogP contribution in [0.5, 0.6) is 0 Å². The van der Waals surface area contributed by atoms with Gasteiger partial charge in [-0.05, 0) is 34.1 Å². The molecule has 8 heteroatoms. The molecule has 1 aliphatic heterocycles. The maximum absolute atomic E-state index is 12.0. The highest BCUT2D eigenvalue weighted by atomic mass is 79.9. The molecular formula is C15H18BrN5OS. The molecule has 1 saturated heterocycles. The molecule has 0 radical (unpaired) electrons. The number of nitrogens with zero attached hydrogens (tertiary/aromatic N) is 4. The van der Waals surface area contributed by atoms with Crippen LogP contribution in [0.15, 0.2) is 34.4 Å². The van der Waals surface area contributed by atoms with Crippen LogP contribution >= 0.6 is 27.3 Å². The molecule has 3 heterocycles. The molecule has 2 aromatic rings. The van der Waals surface area contributed by atoms with Gasteiger partial charge in [-0.25, -0.2) is 9.97 Å². The van der Waals surface area contributed by atoms with Crippen molar-refractivity contribution >= 4 is 39.1 Å². The Bertz CT molecular complexity index is 642. The minimum Gasteiger partial charge on any atom is -0.350 e. The average Bonchev–Trinajstić information content (AvgIpc) is 3.03. The van der Waals surface area contributed by atoms with Gasteiger partial charge in [-0.2, -0.15) is 0 Å². The van der Waals surface area contributed by atoms with Gasteiger partial charge in [0.25, 0.3) is 5.91 Å². The number of nitrogens with one attached hydrogen (secondary N) is 1. The largest absolute Gasteiger partial charge is 0.350 e. The van der Waals surface area contributed by atoms with Crippen molar-refractivity contribution in [3.63, 3.8) is 0 Å². The highest BCUT2D eigenvalue weighted by Gasteiger charge is 2.18. The molecule has 0 spiro atoms. The number of hydrogen-bond donors (Lipinski definition) is 1. The molecule has 3 rings (SSSR count). The number of carbonyl (C=O) groups is 1. The van der Waals surface area contributed by atoms with E-state index in [0.29, 0.717) is 6.54 Å². The van der Waals surface area contributed by atoms with Crippen LogP contribution in [0.2, 0.25) is 0 Å². The lowest BCUT2D eigenvalue weighted by Gasteiger charge is -2.34. The molecule has 0 bridgehead atoms. The van der Waals surface area contributed by atoms with Crippen molar-refractivity contribution in [2.75, 3.05) is 44.2 Å². The third-order valence-corrected chi connectivity index (χ3v) is 5.34. The molecule has 1 amide bonds. The van der Waals surface area contributed by atoms with E-state index in [0.717, 1.165) is 47.3 Å². The summed E-state index contributed by atoms with van der Waals surface area (Å²) in [7, 11) is 0. The second-order valence-electron chi connectivity index (χ2n) is 5.24. The number of thiophene rings is 1. The fourth-order valence-corrected chi connectivity index (χ4v) is 3.78. The lowest BCUT2D eigenvalue weighted by atomic mass is 10.3. The number of amides is 1. The summed E-state index contributed by atoms with van der Waals surface area (Å²) >= 11 is 4.82. The molecule has 23 heavy (non-hydrogen) atoms. The molecule has 122 valence electrons. The second-order valence-corrected chi connectivity index (χ2v) is 7.70. The number of aromatic nitrogens is 2. The average molecular weight is 396 g/mol. The molecule has 1 fully saturated rings. The first-order chi connectivity index (χ1) is 11.2. The maximum Gasteiger partial charge on any atom is 0.261 e. The summed E-state index contributed by atoms with van der Waals surface area (Å²) in [6.45, 7) is 5.26. The third kappa shape index (κ3) is 4.49. The van der Waals surface area contributed by atoms with Crippen molar-refractivity contribution in [1.29, 1.82) is 0 Å². The Hall–Kier alpha value is -1.51. The molecule has 0 aliphatic carbocycles. The zero-order chi connectivity index (χ0) is 16.1. The Kier molecular flexibility index (Phi) is 5.58. The van der Waals surface area contributed by atoms with Gasteiger partial charge in [-0.15, -0.1) is 11.3 Å². The van der Waals surface area contributed by atoms with Crippen LogP contribution in [0.1, 0.15) is 9.67 Å². The van der Waals surface area contributed by atoms with Crippen molar-refractivity contribution in [1.82, 2.24) is 20.2 Å². The van der Waals surface area contributed by atoms with E-state index in [-0.39, 0.29) is 5.91 Å². The Morgan fingerprint density at radius 2 is 1.96 bits per heavy atom. The van der Waals surface area contributed by atoms with E-state index in [1.54, 1.807) is 12.4 Å². The van der Waals surface area contributed by atoms with Gasteiger partial charge in [0.15, 0.2) is 0 Å². The third-order valence-electron chi connectivity index (χ3n) is 3.72. The number of hydrogen-bond acceptors (Lipinski definition) is 6. The molecular weight excluding hydrogens is 378 g/mol. The summed E-state index contributed by atoms with van der Waals surface area (Å²) in [5, 5.41) is 2.97. The molecule has 6 nitrogen and oxygen atoms in total. The summed E-state index contributed by atoms with van der Waals surface area (Å²) < 4.78 is 0.974. The molecule has 0 atom stereocenters. The van der Waals surface area contributed by atoms with Crippen LogP contribution < -0.4 is 10.2 Å². The van der Waals surface area contributed by atoms with E-state index in [4.69, 9.17) is 0 Å². The van der Waals surface area contributed by atoms with E-state index >= 15 is 0 Å². The first-order valence-corrected chi connectivity index (χ1v) is 9.11. The minimum atomic E-state index is -0.00276. The van der Waals surface area contributed by atoms with E-state index < -0.39 is 0 Å². The van der Waals surface area contributed by atoms with Gasteiger partial charge >= 0.3 is 0 Å². The maximum atomic E-state index is 12.0. The zero-order valence-corrected chi connectivity index (χ0v) is 15.0. The van der Waals surface area contributed by atoms with Crippen LogP contribution in [-0.2, 0) is 0 Å². The predicted molar refractivity (Wildman–Crippen MR) is 95.0 cm³/mol. The standard InChI is InChI=1S/C15H18BrN5OS/c16-13-3-2-12(23-13)14(22)17-6-7-20-8-10-21(11-9-20)15-18-4-1-5-19-15/h1-5H,6-11H2,(H,17,22). The number of piperazine rings is 1. The quantitative estimate of drug-likeness (QED) is 0.836. The van der Waals surface area contributed by atoms with Crippen molar-refractivity contribution in [2.45, 2.75) is 0 Å². The van der Waals surface area contributed by atoms with Gasteiger partial charge in [0.05, 0.1) is 8.66 Å². The zero-order valence-electron chi connectivity index (χ0n) is 12.6. The number of halogens is 1. The van der Waals surface area contributed by atoms with Crippen molar-refractivity contribution in [3.8, 4) is 0 Å². The van der Waals surface area contributed by atoms with Crippen molar-refractivity contribution < 1.29 is 4.79 Å². The van der Waals surface area contributed by atoms with E-state index in [9.17, 15) is 4.79 Å². The summed E-state index contributed by atoms with van der Waals surface area (Å²) in [5.74, 6) is 0.792. The summed E-state index contributed by atoms with van der Waals surface area (Å²) in [5.41, 5.74) is 0. The molecule has 0 unspecified atom stereocenters. The lowest BCUT2D eigenvalue weighted by molar-refractivity contribution is 0.0952. The monoisotopic (exact) mass is 395 g/mol. The van der Waals surface area contributed by atoms with Gasteiger partial charge in [0.1, 0.15) is 0 Å². The number of anilines is 1. The van der Waals surface area contributed by atoms with Crippen LogP contribution in [0.4, 0.5) is 5.95 Å². The van der Waals surface area contributed by atoms with Gasteiger partial charge in [0.2, 0.25) is 5.95 Å². The molecule has 0 aromatic carbocycles. The molecule has 1 aliphatic rings. The summed E-state index contributed by atoms with van der Waals surface area (Å²) in [6, 6.07) is 5.56. The Morgan fingerprint density at radius 1 is 1.22 bits per heavy atom. The van der Waals surface area contributed by atoms with Gasteiger partial charge in [-0.1, -0.05) is 0 Å². The van der Waals surface area contributed by atoms with E-state index in [1.807, 2.05) is 18.2 Å². The van der Waals surface area contributed by atoms with E-state index in [1.165, 1.54) is 11.3 Å². The van der Waals surface area contributed by atoms with Crippen LogP contribution in [0.25, 0.3) is 0 Å². The Balaban J connectivity index is 1.39. The smallest absolute Gasteiger partial charge is 0.261 e. The van der Waals surface area contributed by atoms with Gasteiger partial charge in [0, 0.05) is 51.7 Å². The predicted octanol–water partition coefficient (Wildman–Crippen LogP) is 1.85. The van der Waals surface area contributed by atoms with Crippen LogP contribution in [-0.4, -0.2) is 60.0 Å². The summed E-state index contributed by atoms with van der Waals surface area (Å²) in [4.78, 5) is 25.8. The van der Waals surface area contributed by atoms with E-state index in [2.05, 4.69) is 41.0 Å². The fraction of sp³-hybridized carbons (Fsp3) is 0.400. The first kappa shape index (κ1) is 16.4. The highest BCUT2D eigenvalue weighted by molar-refractivity contribution is 9.11. The minimum absolute atomic E-state index is 0.00276. The highest BCUT2D eigenvalue weighted by Crippen LogP contribution is 2.21. The number of rotatable bonds is 5. The molecule has 0 saturated carbocycles. The summed E-state index contributed by atoms with van der Waals surface area (Å²) in [6.07, 6.45) is 3.54. The van der Waals surface area contributed by atoms with Crippen molar-refractivity contribution in [2.24, 2.45) is 0 Å². The van der Waals surface area contributed by atoms with Crippen molar-refractivity contribution in [3.05, 3.63) is 39.3 Å². The normalized spacial score (nSPS) is 15.6. The topological polar surface area (TPSA) is 61.4 Å². The SMILES string of the molecule is O=C(NCCN1CCN(c2ncccn2)CC1)c1ccc(Br)s1. The van der Waals surface area contributed by atoms with Crippen LogP contribution in [0, 0.1) is 0 Å². The molecule has 2 aromatic heterocycles. The fourth-order valence-electron chi connectivity index (χ4n) is 2.48. The molecule has 1 N–H and O–H groups in total. The number of carbonyl (C=O) groups excluding carboxylic acids is 1. The lowest BCUT2D eigenvalue weighted by Crippen LogP contribution is -2.48. The van der Waals surface area contributed by atoms with Gasteiger partial charge in [-0.3, -0.25) is 9.69 Å².